The summed E-state index contributed by atoms with van der Waals surface area (Å²) in [7, 11) is 1.81. The topological polar surface area (TPSA) is 72.9 Å². The summed E-state index contributed by atoms with van der Waals surface area (Å²) in [5.41, 5.74) is 6.89. The van der Waals surface area contributed by atoms with Crippen LogP contribution in [-0.2, 0) is 7.05 Å². The summed E-state index contributed by atoms with van der Waals surface area (Å²) >= 11 is 0. The number of carbonyl (C=O) groups is 1. The number of nitrogens with one attached hydrogen (secondary N) is 1. The van der Waals surface area contributed by atoms with Crippen LogP contribution in [0.5, 0.6) is 0 Å². The number of amides is 1. The molecule has 5 nitrogen and oxygen atoms in total. The molecule has 1 saturated carbocycles. The molecule has 1 fully saturated rings. The van der Waals surface area contributed by atoms with E-state index in [1.165, 1.54) is 0 Å². The van der Waals surface area contributed by atoms with E-state index in [2.05, 4.69) is 10.4 Å². The van der Waals surface area contributed by atoms with Crippen LogP contribution in [-0.4, -0.2) is 27.8 Å². The van der Waals surface area contributed by atoms with Crippen molar-refractivity contribution in [3.8, 4) is 0 Å². The third-order valence-corrected chi connectivity index (χ3v) is 3.56. The average Bonchev–Trinajstić information content (AvgIpc) is 3.05. The van der Waals surface area contributed by atoms with Crippen LogP contribution in [0.15, 0.2) is 6.20 Å². The van der Waals surface area contributed by atoms with Crippen LogP contribution in [0.25, 0.3) is 0 Å². The molecule has 1 aromatic rings. The molecule has 0 spiro atoms. The van der Waals surface area contributed by atoms with Gasteiger partial charge in [0.15, 0.2) is 0 Å². The summed E-state index contributed by atoms with van der Waals surface area (Å²) in [6, 6.07) is 0. The zero-order chi connectivity index (χ0) is 12.6. The molecule has 94 valence electrons. The minimum absolute atomic E-state index is 0.0737. The predicted octanol–water partition coefficient (Wildman–Crippen LogP) is 0.586. The van der Waals surface area contributed by atoms with E-state index < -0.39 is 0 Å². The monoisotopic (exact) mass is 236 g/mol. The van der Waals surface area contributed by atoms with Gasteiger partial charge >= 0.3 is 0 Å². The standard InChI is InChI=1S/C12H20N4O/c1-8-10(6-16(3)15-8)11(17)14-12(2,7-13)9-4-5-9/h6,9H,4-5,7,13H2,1-3H3,(H,14,17). The van der Waals surface area contributed by atoms with Gasteiger partial charge in [-0.05, 0) is 32.6 Å². The van der Waals surface area contributed by atoms with E-state index in [-0.39, 0.29) is 11.4 Å². The number of aromatic nitrogens is 2. The summed E-state index contributed by atoms with van der Waals surface area (Å²) < 4.78 is 1.65. The Morgan fingerprint density at radius 2 is 2.35 bits per heavy atom. The highest BCUT2D eigenvalue weighted by Crippen LogP contribution is 2.39. The van der Waals surface area contributed by atoms with Crippen LogP contribution in [0.1, 0.15) is 35.8 Å². The highest BCUT2D eigenvalue weighted by molar-refractivity contribution is 5.95. The molecule has 1 aliphatic rings. The van der Waals surface area contributed by atoms with E-state index in [0.717, 1.165) is 18.5 Å². The Morgan fingerprint density at radius 1 is 1.71 bits per heavy atom. The number of hydrogen-bond donors (Lipinski definition) is 2. The Kier molecular flexibility index (Phi) is 2.95. The first-order chi connectivity index (χ1) is 7.96. The lowest BCUT2D eigenvalue weighted by molar-refractivity contribution is 0.0897. The molecule has 1 aliphatic carbocycles. The fourth-order valence-electron chi connectivity index (χ4n) is 2.19. The number of rotatable bonds is 4. The third kappa shape index (κ3) is 2.34. The lowest BCUT2D eigenvalue weighted by Gasteiger charge is -2.29. The third-order valence-electron chi connectivity index (χ3n) is 3.56. The molecule has 3 N–H and O–H groups in total. The normalized spacial score (nSPS) is 18.8. The van der Waals surface area contributed by atoms with E-state index in [4.69, 9.17) is 5.73 Å². The fourth-order valence-corrected chi connectivity index (χ4v) is 2.19. The van der Waals surface area contributed by atoms with Gasteiger partial charge in [0.2, 0.25) is 0 Å². The SMILES string of the molecule is Cc1nn(C)cc1C(=O)NC(C)(CN)C1CC1. The fraction of sp³-hybridized carbons (Fsp3) is 0.667. The molecular formula is C12H20N4O. The molecule has 0 aromatic carbocycles. The zero-order valence-corrected chi connectivity index (χ0v) is 10.7. The first kappa shape index (κ1) is 12.1. The summed E-state index contributed by atoms with van der Waals surface area (Å²) in [5, 5.41) is 7.23. The first-order valence-electron chi connectivity index (χ1n) is 5.99. The minimum atomic E-state index is -0.278. The van der Waals surface area contributed by atoms with Crippen molar-refractivity contribution < 1.29 is 4.79 Å². The predicted molar refractivity (Wildman–Crippen MR) is 65.6 cm³/mol. The van der Waals surface area contributed by atoms with Crippen molar-refractivity contribution in [1.29, 1.82) is 0 Å². The van der Waals surface area contributed by atoms with Crippen molar-refractivity contribution in [3.05, 3.63) is 17.5 Å². The summed E-state index contributed by atoms with van der Waals surface area (Å²) in [5.74, 6) is 0.448. The number of nitrogens with zero attached hydrogens (tertiary/aromatic N) is 2. The van der Waals surface area contributed by atoms with Crippen molar-refractivity contribution in [2.45, 2.75) is 32.2 Å². The second kappa shape index (κ2) is 4.14. The maximum atomic E-state index is 12.2. The van der Waals surface area contributed by atoms with Gasteiger partial charge in [-0.1, -0.05) is 0 Å². The van der Waals surface area contributed by atoms with Crippen LogP contribution >= 0.6 is 0 Å². The maximum Gasteiger partial charge on any atom is 0.255 e. The Morgan fingerprint density at radius 3 is 2.76 bits per heavy atom. The molecule has 0 saturated heterocycles. The highest BCUT2D eigenvalue weighted by Gasteiger charge is 2.41. The summed E-state index contributed by atoms with van der Waals surface area (Å²) in [4.78, 5) is 12.2. The molecule has 1 unspecified atom stereocenters. The molecule has 0 aliphatic heterocycles. The van der Waals surface area contributed by atoms with Gasteiger partial charge in [-0.25, -0.2) is 0 Å². The Hall–Kier alpha value is -1.36. The van der Waals surface area contributed by atoms with E-state index in [1.54, 1.807) is 10.9 Å². The second-order valence-corrected chi connectivity index (χ2v) is 5.15. The second-order valence-electron chi connectivity index (χ2n) is 5.15. The lowest BCUT2D eigenvalue weighted by atomic mass is 9.95. The molecule has 0 bridgehead atoms. The largest absolute Gasteiger partial charge is 0.345 e. The first-order valence-corrected chi connectivity index (χ1v) is 5.99. The van der Waals surface area contributed by atoms with Crippen molar-refractivity contribution in [1.82, 2.24) is 15.1 Å². The van der Waals surface area contributed by atoms with Crippen LogP contribution < -0.4 is 11.1 Å². The smallest absolute Gasteiger partial charge is 0.255 e. The Balaban J connectivity index is 2.13. The van der Waals surface area contributed by atoms with E-state index in [1.807, 2.05) is 20.9 Å². The molecule has 17 heavy (non-hydrogen) atoms. The van der Waals surface area contributed by atoms with E-state index >= 15 is 0 Å². The van der Waals surface area contributed by atoms with Crippen molar-refractivity contribution in [2.75, 3.05) is 6.54 Å². The zero-order valence-electron chi connectivity index (χ0n) is 10.7. The van der Waals surface area contributed by atoms with Gasteiger partial charge in [0.25, 0.3) is 5.91 Å². The lowest BCUT2D eigenvalue weighted by Crippen LogP contribution is -2.53. The summed E-state index contributed by atoms with van der Waals surface area (Å²) in [6.07, 6.45) is 4.05. The average molecular weight is 236 g/mol. The van der Waals surface area contributed by atoms with Gasteiger partial charge in [-0.3, -0.25) is 9.48 Å². The van der Waals surface area contributed by atoms with Crippen molar-refractivity contribution in [3.63, 3.8) is 0 Å². The van der Waals surface area contributed by atoms with E-state index in [9.17, 15) is 4.79 Å². The molecule has 0 radical (unpaired) electrons. The molecule has 1 amide bonds. The molecule has 2 rings (SSSR count). The minimum Gasteiger partial charge on any atom is -0.345 e. The van der Waals surface area contributed by atoms with Gasteiger partial charge in [0.05, 0.1) is 16.8 Å². The highest BCUT2D eigenvalue weighted by atomic mass is 16.1. The Labute approximate surface area is 101 Å². The molecule has 5 heteroatoms. The number of carbonyl (C=O) groups excluding carboxylic acids is 1. The molecular weight excluding hydrogens is 216 g/mol. The molecule has 1 atom stereocenters. The Bertz CT molecular complexity index is 436. The van der Waals surface area contributed by atoms with Crippen LogP contribution in [0.2, 0.25) is 0 Å². The molecule has 1 aromatic heterocycles. The van der Waals surface area contributed by atoms with Crippen molar-refractivity contribution in [2.24, 2.45) is 18.7 Å². The number of nitrogens with two attached hydrogens (primary N) is 1. The summed E-state index contributed by atoms with van der Waals surface area (Å²) in [6.45, 7) is 4.34. The quantitative estimate of drug-likeness (QED) is 0.803. The van der Waals surface area contributed by atoms with Gasteiger partial charge < -0.3 is 11.1 Å². The number of aryl methyl sites for hydroxylation is 2. The van der Waals surface area contributed by atoms with E-state index in [0.29, 0.717) is 18.0 Å². The molecule has 1 heterocycles. The van der Waals surface area contributed by atoms with Crippen LogP contribution in [0, 0.1) is 12.8 Å². The van der Waals surface area contributed by atoms with Crippen LogP contribution in [0.4, 0.5) is 0 Å². The van der Waals surface area contributed by atoms with Gasteiger partial charge in [-0.2, -0.15) is 5.10 Å². The van der Waals surface area contributed by atoms with Crippen LogP contribution in [0.3, 0.4) is 0 Å². The number of hydrogen-bond acceptors (Lipinski definition) is 3. The van der Waals surface area contributed by atoms with Gasteiger partial charge in [-0.15, -0.1) is 0 Å². The van der Waals surface area contributed by atoms with Gasteiger partial charge in [0, 0.05) is 19.8 Å². The maximum absolute atomic E-state index is 12.2. The van der Waals surface area contributed by atoms with Gasteiger partial charge in [0.1, 0.15) is 0 Å². The van der Waals surface area contributed by atoms with Crippen molar-refractivity contribution >= 4 is 5.91 Å².